The summed E-state index contributed by atoms with van der Waals surface area (Å²) in [5.41, 5.74) is 0. The smallest absolute Gasteiger partial charge is 0.187 e. The Hall–Kier alpha value is 11.1. The van der Waals surface area contributed by atoms with Crippen molar-refractivity contribution in [1.29, 1.82) is 0 Å². The third-order valence-corrected chi connectivity index (χ3v) is 3.98. The van der Waals surface area contributed by atoms with Crippen LogP contribution in [0.5, 0.6) is 0 Å². The Morgan fingerprint density at radius 2 is 0.968 bits per heavy atom. The molecule has 0 bridgehead atoms. The quantitative estimate of drug-likeness (QED) is 0.134. The summed E-state index contributed by atoms with van der Waals surface area (Å²) in [5.74, 6) is 0. The van der Waals surface area contributed by atoms with Crippen molar-refractivity contribution in [2.24, 2.45) is 0 Å². The molecule has 0 spiro atoms. The molecule has 0 aromatic rings. The van der Waals surface area contributed by atoms with E-state index in [9.17, 15) is 35.7 Å². The maximum atomic E-state index is 9.94. The van der Waals surface area contributed by atoms with E-state index >= 15 is 0 Å². The summed E-state index contributed by atoms with van der Waals surface area (Å²) in [4.78, 5) is 0. The first-order valence-corrected chi connectivity index (χ1v) is 7.08. The molecule has 2 aliphatic rings. The predicted octanol–water partition coefficient (Wildman–Crippen LogP) is -5.40. The van der Waals surface area contributed by atoms with Gasteiger partial charge >= 0.3 is 0 Å². The van der Waals surface area contributed by atoms with Gasteiger partial charge in [0.25, 0.3) is 0 Å². The molecule has 4 unspecified atom stereocenters. The van der Waals surface area contributed by atoms with Crippen molar-refractivity contribution >= 4 is 0 Å². The monoisotopic (exact) mass is 2160 g/mol. The van der Waals surface area contributed by atoms with Crippen LogP contribution in [0.4, 0.5) is 0 Å². The molecule has 0 saturated carbocycles. The maximum Gasteiger partial charge on any atom is 0.187 e. The Morgan fingerprint density at radius 1 is 0.516 bits per heavy atom. The zero-order chi connectivity index (χ0) is 17.3. The molecule has 0 amide bonds. The molecular weight excluding hydrogens is 2140 g/mol. The zero-order valence-electron chi connectivity index (χ0n) is 16.6. The summed E-state index contributed by atoms with van der Waals surface area (Å²) in [5, 5.41) is 76.5. The number of hydrogen-bond acceptors (Lipinski definition) is 11. The summed E-state index contributed by atoms with van der Waals surface area (Å²) in [7, 11) is 0. The molecule has 0 aromatic carbocycles. The summed E-state index contributed by atoms with van der Waals surface area (Å²) < 4.78 is 15.3. The van der Waals surface area contributed by atoms with E-state index in [4.69, 9.17) is 19.3 Å². The molecule has 31 heavy (non-hydrogen) atoms. The van der Waals surface area contributed by atoms with E-state index in [2.05, 4.69) is 0 Å². The van der Waals surface area contributed by atoms with Gasteiger partial charge in [-0.05, 0) is 0 Å². The van der Waals surface area contributed by atoms with Crippen molar-refractivity contribution in [3.05, 3.63) is 0 Å². The molecule has 0 aliphatic carbocycles. The van der Waals surface area contributed by atoms with Gasteiger partial charge in [-0.2, -0.15) is 0 Å². The summed E-state index contributed by atoms with van der Waals surface area (Å²) in [6.45, 7) is -1.35. The van der Waals surface area contributed by atoms with Crippen molar-refractivity contribution in [3.63, 3.8) is 0 Å². The van der Waals surface area contributed by atoms with Crippen LogP contribution < -0.4 is 0 Å². The van der Waals surface area contributed by atoms with Gasteiger partial charge in [0.05, 0.1) is 13.2 Å². The van der Waals surface area contributed by atoms with Crippen LogP contribution in [-0.2, 0) is 14.2 Å². The van der Waals surface area contributed by atoms with Crippen molar-refractivity contribution in [2.75, 3.05) is 13.2 Å². The van der Waals surface area contributed by atoms with Crippen LogP contribution in [0.2, 0.25) is 0 Å². The fourth-order valence-corrected chi connectivity index (χ4v) is 2.57. The molecule has 2 rings (SSSR count). The van der Waals surface area contributed by atoms with Crippen LogP contribution in [0.25, 0.3) is 0 Å². The van der Waals surface area contributed by atoms with E-state index in [1.807, 2.05) is 0 Å². The first kappa shape index (κ1) is 57.7. The molecule has 10 atom stereocenters. The Kier molecular flexibility index (Phi) is 57.9. The average molecular weight is 2160 g/mol. The van der Waals surface area contributed by atoms with E-state index in [0.29, 0.717) is 0 Å². The van der Waals surface area contributed by atoms with Gasteiger partial charge in [-0.25, -0.2) is 0 Å². The molecule has 0 aromatic heterocycles. The van der Waals surface area contributed by atoms with E-state index in [1.165, 1.54) is 0 Å². The van der Waals surface area contributed by atoms with E-state index < -0.39 is 74.6 Å². The second kappa shape index (κ2) is 31.1. The van der Waals surface area contributed by atoms with E-state index in [-0.39, 0.29) is 352 Å². The molecular formula is C12H22Ac8O11. The first-order chi connectivity index (χ1) is 10.8. The molecule has 11 nitrogen and oxygen atoms in total. The first-order valence-electron chi connectivity index (χ1n) is 7.08. The molecule has 2 saturated heterocycles. The minimum atomic E-state index is -1.74. The Labute approximate surface area is 467 Å². The Morgan fingerprint density at radius 3 is 1.39 bits per heavy atom. The number of rotatable bonds is 4. The van der Waals surface area contributed by atoms with Gasteiger partial charge in [-0.3, -0.25) is 0 Å². The molecule has 2 heterocycles. The van der Waals surface area contributed by atoms with Crippen LogP contribution in [0.15, 0.2) is 0 Å². The topological polar surface area (TPSA) is 190 Å². The van der Waals surface area contributed by atoms with Crippen molar-refractivity contribution in [3.8, 4) is 0 Å². The number of aliphatic hydroxyl groups excluding tert-OH is 8. The van der Waals surface area contributed by atoms with Gasteiger partial charge in [0.15, 0.2) is 12.6 Å². The predicted molar refractivity (Wildman–Crippen MR) is 68.6 cm³/mol. The van der Waals surface area contributed by atoms with Gasteiger partial charge < -0.3 is 55.1 Å². The standard InChI is InChI=1S/C12H22O11.8Ac/c13-1-3-5(15)6(16)9(19)12(22-3)23-10-4(2-14)21-11(20)8(18)7(10)17;;;;;;;;/h3-20H,1-2H2;;;;;;;;/t3?,4?,5-,6?,7?,8+,9+,10-,11+,12-;;;;;;;;/m0......../s1. The van der Waals surface area contributed by atoms with E-state index in [0.717, 1.165) is 0 Å². The number of aliphatic hydroxyl groups is 8. The largest absolute Gasteiger partial charge is 0.394 e. The molecule has 2 fully saturated rings. The summed E-state index contributed by atoms with van der Waals surface area (Å²) >= 11 is 0. The van der Waals surface area contributed by atoms with Gasteiger partial charge in [-0.15, -0.1) is 0 Å². The van der Waals surface area contributed by atoms with Crippen LogP contribution in [0, 0.1) is 352 Å². The number of ether oxygens (including phenoxy) is 3. The van der Waals surface area contributed by atoms with Crippen LogP contribution in [0.3, 0.4) is 0 Å². The van der Waals surface area contributed by atoms with Crippen LogP contribution >= 0.6 is 0 Å². The van der Waals surface area contributed by atoms with Crippen molar-refractivity contribution in [2.45, 2.75) is 61.4 Å². The Balaban J connectivity index is -0.000000144. The normalized spacial score (nSPS) is 38.3. The van der Waals surface area contributed by atoms with Crippen molar-refractivity contribution < 1.29 is 408 Å². The Bertz CT molecular complexity index is 404. The zero-order valence-corrected chi connectivity index (χ0v) is 54.6. The van der Waals surface area contributed by atoms with Gasteiger partial charge in [0.1, 0.15) is 48.8 Å². The average Bonchev–Trinajstić information content (AvgIpc) is 2.55. The van der Waals surface area contributed by atoms with Crippen LogP contribution in [0.1, 0.15) is 0 Å². The fourth-order valence-electron chi connectivity index (χ4n) is 2.57. The molecule has 8 N–H and O–H groups in total. The summed E-state index contributed by atoms with van der Waals surface area (Å²) in [6.07, 6.45) is -15.6. The van der Waals surface area contributed by atoms with Gasteiger partial charge in [0.2, 0.25) is 0 Å². The SMILES string of the molecule is OCC1O[C@@H](O[C@H]2C(CO)O[C@@H](O)[C@H](O)C2O)[C@H](O)C(O)[C@H]1O.[Ac].[Ac].[Ac].[Ac].[Ac].[Ac].[Ac].[Ac]. The molecule has 19 heteroatoms. The maximum absolute atomic E-state index is 9.94. The molecule has 2 aliphatic heterocycles. The fraction of sp³-hybridized carbons (Fsp3) is 1.00. The number of hydrogen-bond donors (Lipinski definition) is 8. The van der Waals surface area contributed by atoms with Crippen LogP contribution in [-0.4, -0.2) is 115 Å². The van der Waals surface area contributed by atoms with E-state index in [1.54, 1.807) is 0 Å². The molecule has 8 radical (unpaired) electrons. The van der Waals surface area contributed by atoms with Gasteiger partial charge in [0, 0.05) is 352 Å². The minimum absolute atomic E-state index is 0. The molecule has 160 valence electrons. The van der Waals surface area contributed by atoms with Gasteiger partial charge in [-0.1, -0.05) is 0 Å². The summed E-state index contributed by atoms with van der Waals surface area (Å²) in [6, 6.07) is 0. The third-order valence-electron chi connectivity index (χ3n) is 3.98. The van der Waals surface area contributed by atoms with Crippen molar-refractivity contribution in [1.82, 2.24) is 0 Å². The third kappa shape index (κ3) is 18.0. The second-order valence-electron chi connectivity index (χ2n) is 5.53. The minimum Gasteiger partial charge on any atom is -0.394 e. The second-order valence-corrected chi connectivity index (χ2v) is 5.53.